The topological polar surface area (TPSA) is 74.1 Å². The van der Waals surface area contributed by atoms with Gasteiger partial charge in [-0.1, -0.05) is 24.3 Å². The normalized spacial score (nSPS) is 10.9. The molecule has 0 atom stereocenters. The minimum absolute atomic E-state index is 0.191. The van der Waals surface area contributed by atoms with Crippen LogP contribution in [-0.4, -0.2) is 26.5 Å². The second-order valence-electron chi connectivity index (χ2n) is 6.80. The molecule has 7 heteroatoms. The Morgan fingerprint density at radius 1 is 1.03 bits per heavy atom. The first-order chi connectivity index (χ1) is 14.5. The summed E-state index contributed by atoms with van der Waals surface area (Å²) in [4.78, 5) is 29.4. The van der Waals surface area contributed by atoms with Crippen LogP contribution >= 0.6 is 0 Å². The van der Waals surface area contributed by atoms with Crippen molar-refractivity contribution in [2.45, 2.75) is 20.5 Å². The van der Waals surface area contributed by atoms with Crippen LogP contribution in [0, 0.1) is 19.7 Å². The van der Waals surface area contributed by atoms with Crippen LogP contribution in [0.4, 0.5) is 4.39 Å². The SMILES string of the molecule is Cc1nn(-c2ccccc2)c(C)c1C(=O)C(=O)OCc1ccc(F)c2cccnc12. The van der Waals surface area contributed by atoms with E-state index in [2.05, 4.69) is 10.1 Å². The first-order valence-electron chi connectivity index (χ1n) is 9.32. The van der Waals surface area contributed by atoms with Gasteiger partial charge in [-0.25, -0.2) is 13.9 Å². The third-order valence-electron chi connectivity index (χ3n) is 4.86. The highest BCUT2D eigenvalue weighted by molar-refractivity contribution is 6.41. The van der Waals surface area contributed by atoms with Crippen molar-refractivity contribution in [3.05, 3.63) is 89.1 Å². The maximum Gasteiger partial charge on any atom is 0.380 e. The second kappa shape index (κ2) is 7.87. The van der Waals surface area contributed by atoms with Gasteiger partial charge in [0, 0.05) is 17.1 Å². The summed E-state index contributed by atoms with van der Waals surface area (Å²) >= 11 is 0. The van der Waals surface area contributed by atoms with Crippen LogP contribution in [0.1, 0.15) is 27.3 Å². The maximum absolute atomic E-state index is 13.9. The summed E-state index contributed by atoms with van der Waals surface area (Å²) in [5, 5.41) is 4.72. The number of aromatic nitrogens is 3. The van der Waals surface area contributed by atoms with E-state index in [0.717, 1.165) is 5.69 Å². The number of fused-ring (bicyclic) bond motifs is 1. The molecular formula is C23H18FN3O3. The Labute approximate surface area is 171 Å². The number of carbonyl (C=O) groups is 2. The number of para-hydroxylation sites is 1. The number of benzene rings is 2. The van der Waals surface area contributed by atoms with E-state index in [4.69, 9.17) is 4.74 Å². The highest BCUT2D eigenvalue weighted by Crippen LogP contribution is 2.22. The van der Waals surface area contributed by atoms with Crippen molar-refractivity contribution in [1.82, 2.24) is 14.8 Å². The molecule has 0 N–H and O–H groups in total. The average molecular weight is 403 g/mol. The molecule has 0 fully saturated rings. The molecular weight excluding hydrogens is 385 g/mol. The zero-order chi connectivity index (χ0) is 21.3. The molecule has 150 valence electrons. The zero-order valence-electron chi connectivity index (χ0n) is 16.4. The van der Waals surface area contributed by atoms with Crippen LogP contribution in [0.5, 0.6) is 0 Å². The molecule has 0 unspecified atom stereocenters. The number of hydrogen-bond donors (Lipinski definition) is 0. The summed E-state index contributed by atoms with van der Waals surface area (Å²) in [6, 6.07) is 15.3. The molecule has 0 spiro atoms. The number of Topliss-reactive ketones (excluding diaryl/α,β-unsaturated/α-hetero) is 1. The van der Waals surface area contributed by atoms with Crippen molar-refractivity contribution < 1.29 is 18.7 Å². The lowest BCUT2D eigenvalue weighted by atomic mass is 10.1. The smallest absolute Gasteiger partial charge is 0.380 e. The fourth-order valence-corrected chi connectivity index (χ4v) is 3.42. The van der Waals surface area contributed by atoms with Crippen LogP contribution in [0.3, 0.4) is 0 Å². The molecule has 0 aliphatic carbocycles. The number of pyridine rings is 1. The van der Waals surface area contributed by atoms with E-state index in [0.29, 0.717) is 27.9 Å². The molecule has 2 aromatic carbocycles. The van der Waals surface area contributed by atoms with Crippen LogP contribution in [-0.2, 0) is 16.1 Å². The van der Waals surface area contributed by atoms with E-state index < -0.39 is 17.6 Å². The third kappa shape index (κ3) is 3.45. The van der Waals surface area contributed by atoms with Gasteiger partial charge >= 0.3 is 5.97 Å². The van der Waals surface area contributed by atoms with Crippen molar-refractivity contribution in [2.75, 3.05) is 0 Å². The van der Waals surface area contributed by atoms with Gasteiger partial charge in [-0.05, 0) is 44.2 Å². The molecule has 0 aliphatic rings. The number of aryl methyl sites for hydroxylation is 1. The molecule has 4 aromatic rings. The van der Waals surface area contributed by atoms with E-state index in [9.17, 15) is 14.0 Å². The summed E-state index contributed by atoms with van der Waals surface area (Å²) in [6.07, 6.45) is 1.53. The van der Waals surface area contributed by atoms with Gasteiger partial charge in [0.2, 0.25) is 0 Å². The van der Waals surface area contributed by atoms with Gasteiger partial charge in [-0.15, -0.1) is 0 Å². The highest BCUT2D eigenvalue weighted by Gasteiger charge is 2.26. The number of hydrogen-bond acceptors (Lipinski definition) is 5. The summed E-state index contributed by atoms with van der Waals surface area (Å²) in [6.45, 7) is 3.21. The Balaban J connectivity index is 1.56. The van der Waals surface area contributed by atoms with Crippen molar-refractivity contribution in [3.63, 3.8) is 0 Å². The first-order valence-corrected chi connectivity index (χ1v) is 9.32. The predicted molar refractivity (Wildman–Crippen MR) is 109 cm³/mol. The van der Waals surface area contributed by atoms with E-state index in [1.165, 1.54) is 18.3 Å². The Hall–Kier alpha value is -3.87. The predicted octanol–water partition coefficient (Wildman–Crippen LogP) is 4.10. The maximum atomic E-state index is 13.9. The molecule has 2 heterocycles. The summed E-state index contributed by atoms with van der Waals surface area (Å²) in [5.74, 6) is -2.18. The number of nitrogens with zero attached hydrogens (tertiary/aromatic N) is 3. The van der Waals surface area contributed by atoms with Gasteiger partial charge in [-0.2, -0.15) is 5.10 Å². The Morgan fingerprint density at radius 2 is 1.80 bits per heavy atom. The molecule has 0 radical (unpaired) electrons. The van der Waals surface area contributed by atoms with Gasteiger partial charge in [0.15, 0.2) is 0 Å². The fourth-order valence-electron chi connectivity index (χ4n) is 3.42. The van der Waals surface area contributed by atoms with Gasteiger partial charge in [0.25, 0.3) is 5.78 Å². The van der Waals surface area contributed by atoms with Crippen LogP contribution < -0.4 is 0 Å². The van der Waals surface area contributed by atoms with Gasteiger partial charge in [0.05, 0.1) is 28.2 Å². The third-order valence-corrected chi connectivity index (χ3v) is 4.86. The lowest BCUT2D eigenvalue weighted by molar-refractivity contribution is -0.139. The lowest BCUT2D eigenvalue weighted by Gasteiger charge is -2.08. The quantitative estimate of drug-likeness (QED) is 0.285. The molecule has 0 amide bonds. The fraction of sp³-hybridized carbons (Fsp3) is 0.130. The van der Waals surface area contributed by atoms with Crippen LogP contribution in [0.25, 0.3) is 16.6 Å². The van der Waals surface area contributed by atoms with E-state index in [-0.39, 0.29) is 12.2 Å². The van der Waals surface area contributed by atoms with Crippen LogP contribution in [0.15, 0.2) is 60.8 Å². The van der Waals surface area contributed by atoms with Crippen molar-refractivity contribution in [2.24, 2.45) is 0 Å². The highest BCUT2D eigenvalue weighted by atomic mass is 19.1. The number of rotatable bonds is 5. The average Bonchev–Trinajstić information content (AvgIpc) is 3.07. The van der Waals surface area contributed by atoms with E-state index in [1.807, 2.05) is 30.3 Å². The summed E-state index contributed by atoms with van der Waals surface area (Å²) in [7, 11) is 0. The first kappa shape index (κ1) is 19.4. The molecule has 0 saturated carbocycles. The van der Waals surface area contributed by atoms with Gasteiger partial charge < -0.3 is 4.74 Å². The van der Waals surface area contributed by atoms with Crippen molar-refractivity contribution in [3.8, 4) is 5.69 Å². The lowest BCUT2D eigenvalue weighted by Crippen LogP contribution is -2.19. The molecule has 0 saturated heterocycles. The Bertz CT molecular complexity index is 1270. The number of carbonyl (C=O) groups excluding carboxylic acids is 2. The zero-order valence-corrected chi connectivity index (χ0v) is 16.4. The summed E-state index contributed by atoms with van der Waals surface area (Å²) in [5.41, 5.74) is 2.89. The van der Waals surface area contributed by atoms with Gasteiger partial charge in [-0.3, -0.25) is 9.78 Å². The molecule has 30 heavy (non-hydrogen) atoms. The molecule has 4 rings (SSSR count). The van der Waals surface area contributed by atoms with E-state index >= 15 is 0 Å². The largest absolute Gasteiger partial charge is 0.455 e. The second-order valence-corrected chi connectivity index (χ2v) is 6.80. The molecule has 2 aromatic heterocycles. The standard InChI is InChI=1S/C23H18FN3O3/c1-14-20(15(2)27(26-14)17-7-4-3-5-8-17)22(28)23(29)30-13-16-10-11-19(24)18-9-6-12-25-21(16)18/h3-12H,13H2,1-2H3. The molecule has 0 aliphatic heterocycles. The number of ketones is 1. The number of ether oxygens (including phenoxy) is 1. The van der Waals surface area contributed by atoms with Gasteiger partial charge in [0.1, 0.15) is 12.4 Å². The molecule has 0 bridgehead atoms. The Kier molecular flexibility index (Phi) is 5.10. The van der Waals surface area contributed by atoms with Crippen LogP contribution in [0.2, 0.25) is 0 Å². The minimum Gasteiger partial charge on any atom is -0.455 e. The minimum atomic E-state index is -0.998. The monoisotopic (exact) mass is 403 g/mol. The number of halogens is 1. The van der Waals surface area contributed by atoms with Crippen molar-refractivity contribution in [1.29, 1.82) is 0 Å². The van der Waals surface area contributed by atoms with E-state index in [1.54, 1.807) is 30.7 Å². The van der Waals surface area contributed by atoms with Crippen molar-refractivity contribution >= 4 is 22.7 Å². The number of esters is 1. The Morgan fingerprint density at radius 3 is 2.57 bits per heavy atom. The molecule has 6 nitrogen and oxygen atoms in total. The summed E-state index contributed by atoms with van der Waals surface area (Å²) < 4.78 is 20.8.